The molecule has 7 N–H and O–H groups in total. The molecule has 3 fully saturated rings. The van der Waals surface area contributed by atoms with E-state index < -0.39 is 70.4 Å². The number of ether oxygens (including phenoxy) is 1. The van der Waals surface area contributed by atoms with Crippen molar-refractivity contribution >= 4 is 23.2 Å². The van der Waals surface area contributed by atoms with E-state index in [-0.39, 0.29) is 11.3 Å². The molecule has 2 saturated carbocycles. The van der Waals surface area contributed by atoms with Gasteiger partial charge in [-0.2, -0.15) is 0 Å². The second-order valence-electron chi connectivity index (χ2n) is 12.7. The minimum absolute atomic E-state index is 0.118. The van der Waals surface area contributed by atoms with Crippen LogP contribution in [0, 0.1) is 24.2 Å². The molecule has 2 aromatic carbocycles. The molecule has 239 valence electrons. The van der Waals surface area contributed by atoms with Gasteiger partial charge in [0.25, 0.3) is 0 Å². The van der Waals surface area contributed by atoms with Crippen molar-refractivity contribution < 1.29 is 44.7 Å². The minimum Gasteiger partial charge on any atom is -0.507 e. The number of fused-ring (bicyclic) bond motifs is 3. The number of ketones is 2. The normalized spacial score (nSPS) is 31.5. The number of likely N-dealkylation sites (tertiary alicyclic amines) is 1. The predicted octanol–water partition coefficient (Wildman–Crippen LogP) is 0.381. The van der Waals surface area contributed by atoms with E-state index in [1.54, 1.807) is 6.07 Å². The number of aromatic hydroxyl groups is 1. The Morgan fingerprint density at radius 3 is 2.38 bits per heavy atom. The zero-order valence-corrected chi connectivity index (χ0v) is 25.3. The van der Waals surface area contributed by atoms with Crippen LogP contribution in [0.25, 0.3) is 16.9 Å². The van der Waals surface area contributed by atoms with Gasteiger partial charge in [0.2, 0.25) is 11.7 Å². The van der Waals surface area contributed by atoms with Crippen LogP contribution in [0.5, 0.6) is 11.5 Å². The van der Waals surface area contributed by atoms with Gasteiger partial charge >= 0.3 is 0 Å². The van der Waals surface area contributed by atoms with Gasteiger partial charge in [-0.25, -0.2) is 0 Å². The van der Waals surface area contributed by atoms with E-state index >= 15 is 0 Å². The third-order valence-electron chi connectivity index (χ3n) is 9.98. The molecule has 12 nitrogen and oxygen atoms in total. The third kappa shape index (κ3) is 4.58. The number of hydrogen-bond donors (Lipinski definition) is 6. The van der Waals surface area contributed by atoms with Crippen molar-refractivity contribution in [2.75, 3.05) is 34.3 Å². The first-order chi connectivity index (χ1) is 21.3. The summed E-state index contributed by atoms with van der Waals surface area (Å²) in [5.74, 6) is -9.15. The standard InChI is InChI=1S/C33H38N3O9/c1-35(2)26-25-27(38)19-13-18-16(17-12-15(6-9-21(17)45-3)14-36-10-4-5-11-36)7-8-20(37)22(18)28(39)23(19)30(41)33(25,44)31(42)24(29(26)40)32(34)43/h6-9,12-13,19,24-27,29,37-40,44H,4-5,10-11,14H2,1-3H3,(H2,34,43)/t19-,24?,25-,26+,27+,29?,33+/m0/s1. The Bertz CT molecular complexity index is 1610. The van der Waals surface area contributed by atoms with Gasteiger partial charge in [-0.05, 0) is 74.9 Å². The molecule has 1 heterocycles. The molecule has 1 amide bonds. The Labute approximate surface area is 260 Å². The number of nitrogens with two attached hydrogens (primary N) is 1. The van der Waals surface area contributed by atoms with Crippen LogP contribution in [0.15, 0.2) is 35.9 Å². The van der Waals surface area contributed by atoms with Crippen molar-refractivity contribution in [3.63, 3.8) is 0 Å². The Kier molecular flexibility index (Phi) is 7.77. The first-order valence-electron chi connectivity index (χ1n) is 15.0. The number of Topliss-reactive ketones (excluding diaryl/α,β-unsaturated/α-hetero) is 2. The van der Waals surface area contributed by atoms with E-state index in [4.69, 9.17) is 10.5 Å². The molecule has 0 bridgehead atoms. The molecule has 1 aliphatic heterocycles. The molecule has 3 aliphatic carbocycles. The van der Waals surface area contributed by atoms with Crippen LogP contribution >= 0.6 is 0 Å². The van der Waals surface area contributed by atoms with E-state index in [1.807, 2.05) is 18.2 Å². The summed E-state index contributed by atoms with van der Waals surface area (Å²) in [6, 6.07) is 7.56. The predicted molar refractivity (Wildman–Crippen MR) is 162 cm³/mol. The van der Waals surface area contributed by atoms with E-state index in [2.05, 4.69) is 4.90 Å². The molecule has 0 spiro atoms. The van der Waals surface area contributed by atoms with Gasteiger partial charge in [0.05, 0.1) is 24.9 Å². The number of phenolic OH excluding ortho intramolecular Hbond substituents is 1. The lowest BCUT2D eigenvalue weighted by Crippen LogP contribution is -2.76. The molecule has 2 aromatic rings. The highest BCUT2D eigenvalue weighted by Crippen LogP contribution is 2.54. The number of aliphatic hydroxyl groups is 4. The maximum atomic E-state index is 14.1. The van der Waals surface area contributed by atoms with Gasteiger partial charge in [-0.1, -0.05) is 12.1 Å². The van der Waals surface area contributed by atoms with E-state index in [0.717, 1.165) is 38.0 Å². The van der Waals surface area contributed by atoms with E-state index in [9.17, 15) is 39.9 Å². The fraction of sp³-hybridized carbons (Fsp3) is 0.455. The number of hydrogen-bond acceptors (Lipinski definition) is 11. The number of amides is 1. The molecule has 45 heavy (non-hydrogen) atoms. The van der Waals surface area contributed by atoms with Gasteiger partial charge in [-0.3, -0.25) is 19.3 Å². The van der Waals surface area contributed by atoms with Crippen LogP contribution in [-0.2, 0) is 20.9 Å². The van der Waals surface area contributed by atoms with Crippen LogP contribution in [0.2, 0.25) is 0 Å². The highest BCUT2D eigenvalue weighted by Gasteiger charge is 2.70. The molecule has 2 unspecified atom stereocenters. The molecule has 7 atom stereocenters. The van der Waals surface area contributed by atoms with E-state index in [1.165, 1.54) is 38.6 Å². The summed E-state index contributed by atoms with van der Waals surface area (Å²) in [5, 5.41) is 57.4. The molecular formula is C33H38N3O9. The highest BCUT2D eigenvalue weighted by atomic mass is 16.5. The number of likely N-dealkylation sites (N-methyl/N-ethyl adjacent to an activating group) is 1. The quantitative estimate of drug-likeness (QED) is 0.245. The lowest BCUT2D eigenvalue weighted by molar-refractivity contribution is -0.197. The molecule has 0 aromatic heterocycles. The largest absolute Gasteiger partial charge is 0.507 e. The van der Waals surface area contributed by atoms with Crippen LogP contribution in [-0.4, -0.2) is 111 Å². The summed E-state index contributed by atoms with van der Waals surface area (Å²) in [6.45, 7) is 2.72. The Morgan fingerprint density at radius 1 is 1.07 bits per heavy atom. The lowest BCUT2D eigenvalue weighted by Gasteiger charge is -2.55. The molecule has 1 saturated heterocycles. The Morgan fingerprint density at radius 2 is 1.76 bits per heavy atom. The first-order valence-corrected chi connectivity index (χ1v) is 15.0. The van der Waals surface area contributed by atoms with Gasteiger partial charge in [-0.15, -0.1) is 0 Å². The number of methoxy groups -OCH3 is 1. The second-order valence-corrected chi connectivity index (χ2v) is 12.7. The number of phenols is 1. The summed E-state index contributed by atoms with van der Waals surface area (Å²) in [6.07, 6.45) is 0.386. The van der Waals surface area contributed by atoms with Gasteiger partial charge in [0.1, 0.15) is 23.2 Å². The van der Waals surface area contributed by atoms with Gasteiger partial charge in [0, 0.05) is 42.0 Å². The van der Waals surface area contributed by atoms with Crippen LogP contribution in [0.4, 0.5) is 0 Å². The highest BCUT2D eigenvalue weighted by molar-refractivity contribution is 6.25. The average Bonchev–Trinajstić information content (AvgIpc) is 3.50. The first kappa shape index (κ1) is 31.2. The fourth-order valence-corrected chi connectivity index (χ4v) is 7.89. The number of rotatable bonds is 6. The number of primary amides is 1. The van der Waals surface area contributed by atoms with Crippen LogP contribution in [0.3, 0.4) is 0 Å². The van der Waals surface area contributed by atoms with Gasteiger partial charge < -0.3 is 40.9 Å². The summed E-state index contributed by atoms with van der Waals surface area (Å²) >= 11 is 0. The molecular weight excluding hydrogens is 582 g/mol. The minimum atomic E-state index is -2.99. The fourth-order valence-electron chi connectivity index (χ4n) is 7.89. The molecule has 1 radical (unpaired) electrons. The summed E-state index contributed by atoms with van der Waals surface area (Å²) in [5.41, 5.74) is 4.38. The maximum absolute atomic E-state index is 14.1. The SMILES string of the molecule is COc1ccc(CN2CCCC2)cc1-c1ccc(O)c2c1[CH][C@H]1C(=C2O)C(=O)[C@@]2(O)C(=O)C(C(N)=O)C(O)[C@H](N(C)C)[C@H]2[C@@H]1O. The smallest absolute Gasteiger partial charge is 0.230 e. The van der Waals surface area contributed by atoms with Crippen molar-refractivity contribution in [3.8, 4) is 22.6 Å². The molecule has 4 aliphatic rings. The van der Waals surface area contributed by atoms with Crippen LogP contribution in [0.1, 0.15) is 29.5 Å². The third-order valence-corrected chi connectivity index (χ3v) is 9.98. The summed E-state index contributed by atoms with van der Waals surface area (Å²) in [7, 11) is 4.56. The van der Waals surface area contributed by atoms with Gasteiger partial charge in [0.15, 0.2) is 11.4 Å². The monoisotopic (exact) mass is 620 g/mol. The maximum Gasteiger partial charge on any atom is 0.230 e. The number of benzene rings is 2. The van der Waals surface area contributed by atoms with Crippen molar-refractivity contribution in [1.29, 1.82) is 0 Å². The van der Waals surface area contributed by atoms with Crippen LogP contribution < -0.4 is 10.5 Å². The molecule has 6 rings (SSSR count). The summed E-state index contributed by atoms with van der Waals surface area (Å²) < 4.78 is 5.69. The van der Waals surface area contributed by atoms with Crippen molar-refractivity contribution in [2.45, 2.75) is 43.2 Å². The lowest BCUT2D eigenvalue weighted by atomic mass is 9.53. The Hall–Kier alpha value is -3.81. The number of carbonyl (C=O) groups is 3. The van der Waals surface area contributed by atoms with Crippen molar-refractivity contribution in [1.82, 2.24) is 9.80 Å². The number of nitrogens with zero attached hydrogens (tertiary/aromatic N) is 2. The van der Waals surface area contributed by atoms with Crippen molar-refractivity contribution in [3.05, 3.63) is 59.0 Å². The summed E-state index contributed by atoms with van der Waals surface area (Å²) in [4.78, 5) is 43.7. The number of carbonyl (C=O) groups excluding carboxylic acids is 3. The topological polar surface area (TPSA) is 194 Å². The Balaban J connectivity index is 1.52. The zero-order valence-electron chi connectivity index (χ0n) is 25.3. The van der Waals surface area contributed by atoms with Crippen molar-refractivity contribution in [2.24, 2.45) is 23.5 Å². The average molecular weight is 621 g/mol. The van der Waals surface area contributed by atoms with E-state index in [0.29, 0.717) is 22.4 Å². The number of aliphatic hydroxyl groups excluding tert-OH is 3. The second kappa shape index (κ2) is 11.2. The zero-order chi connectivity index (χ0) is 32.5. The molecule has 12 heteroatoms.